The zero-order valence-corrected chi connectivity index (χ0v) is 8.00. The molecule has 0 spiro atoms. The molecule has 0 bridgehead atoms. The van der Waals surface area contributed by atoms with Crippen molar-refractivity contribution < 1.29 is 4.79 Å². The van der Waals surface area contributed by atoms with Crippen LogP contribution in [0.2, 0.25) is 0 Å². The van der Waals surface area contributed by atoms with E-state index in [1.807, 2.05) is 11.8 Å². The molecule has 1 unspecified atom stereocenters. The molecule has 2 nitrogen and oxygen atoms in total. The van der Waals surface area contributed by atoms with Gasteiger partial charge in [0.25, 0.3) is 0 Å². The standard InChI is InChI=1S/C6H10BrNOS/c7-3-6(9)8-5-1-2-10-4-5/h5H,1-4H2,(H,8,9). The third-order valence-corrected chi connectivity index (χ3v) is 3.09. The number of carbonyl (C=O) groups excluding carboxylic acids is 1. The zero-order chi connectivity index (χ0) is 7.40. The van der Waals surface area contributed by atoms with E-state index in [0.29, 0.717) is 11.4 Å². The summed E-state index contributed by atoms with van der Waals surface area (Å²) in [6, 6.07) is 0.426. The number of alkyl halides is 1. The van der Waals surface area contributed by atoms with Crippen LogP contribution in [0.5, 0.6) is 0 Å². The van der Waals surface area contributed by atoms with Gasteiger partial charge in [0.2, 0.25) is 5.91 Å². The molecule has 0 radical (unpaired) electrons. The van der Waals surface area contributed by atoms with Crippen LogP contribution >= 0.6 is 27.7 Å². The van der Waals surface area contributed by atoms with Crippen LogP contribution in [0.15, 0.2) is 0 Å². The SMILES string of the molecule is O=C(CBr)NC1CCSC1. The molecule has 0 aromatic carbocycles. The second-order valence-corrected chi connectivity index (χ2v) is 3.97. The van der Waals surface area contributed by atoms with E-state index >= 15 is 0 Å². The Morgan fingerprint density at radius 3 is 3.10 bits per heavy atom. The average molecular weight is 224 g/mol. The molecule has 1 rings (SSSR count). The maximum atomic E-state index is 10.8. The van der Waals surface area contributed by atoms with E-state index in [4.69, 9.17) is 0 Å². The number of carbonyl (C=O) groups is 1. The number of amides is 1. The van der Waals surface area contributed by atoms with Gasteiger partial charge in [-0.1, -0.05) is 15.9 Å². The Kier molecular flexibility index (Phi) is 3.56. The molecule has 10 heavy (non-hydrogen) atoms. The third kappa shape index (κ3) is 2.50. The van der Waals surface area contributed by atoms with Crippen LogP contribution < -0.4 is 5.32 Å². The van der Waals surface area contributed by atoms with Crippen molar-refractivity contribution in [2.75, 3.05) is 16.8 Å². The first kappa shape index (κ1) is 8.40. The average Bonchev–Trinajstić information content (AvgIpc) is 2.40. The van der Waals surface area contributed by atoms with Crippen molar-refractivity contribution in [1.82, 2.24) is 5.32 Å². The summed E-state index contributed by atoms with van der Waals surface area (Å²) in [6.07, 6.45) is 1.13. The number of nitrogens with one attached hydrogen (secondary N) is 1. The first-order valence-electron chi connectivity index (χ1n) is 3.26. The highest BCUT2D eigenvalue weighted by Gasteiger charge is 2.16. The van der Waals surface area contributed by atoms with Gasteiger partial charge in [-0.2, -0.15) is 11.8 Å². The van der Waals surface area contributed by atoms with Gasteiger partial charge in [-0.05, 0) is 12.2 Å². The van der Waals surface area contributed by atoms with Gasteiger partial charge in [0, 0.05) is 11.8 Å². The topological polar surface area (TPSA) is 29.1 Å². The molecule has 58 valence electrons. The molecular weight excluding hydrogens is 214 g/mol. The number of hydrogen-bond donors (Lipinski definition) is 1. The van der Waals surface area contributed by atoms with E-state index in [0.717, 1.165) is 12.2 Å². The minimum absolute atomic E-state index is 0.104. The summed E-state index contributed by atoms with van der Waals surface area (Å²) in [4.78, 5) is 10.8. The van der Waals surface area contributed by atoms with Crippen molar-refractivity contribution in [3.8, 4) is 0 Å². The van der Waals surface area contributed by atoms with Gasteiger partial charge in [-0.3, -0.25) is 4.79 Å². The fraction of sp³-hybridized carbons (Fsp3) is 0.833. The minimum Gasteiger partial charge on any atom is -0.352 e. The summed E-state index contributed by atoms with van der Waals surface area (Å²) in [5.41, 5.74) is 0. The maximum absolute atomic E-state index is 10.8. The van der Waals surface area contributed by atoms with Gasteiger partial charge in [-0.15, -0.1) is 0 Å². The van der Waals surface area contributed by atoms with E-state index in [1.54, 1.807) is 0 Å². The molecule has 4 heteroatoms. The van der Waals surface area contributed by atoms with Gasteiger partial charge in [0.05, 0.1) is 5.33 Å². The predicted molar refractivity (Wildman–Crippen MR) is 47.7 cm³/mol. The molecule has 0 saturated carbocycles. The highest BCUT2D eigenvalue weighted by Crippen LogP contribution is 2.16. The molecule has 1 heterocycles. The van der Waals surface area contributed by atoms with Crippen LogP contribution in [0.25, 0.3) is 0 Å². The molecule has 1 N–H and O–H groups in total. The molecule has 1 aliphatic rings. The summed E-state index contributed by atoms with van der Waals surface area (Å²) >= 11 is 5.01. The molecule has 0 aromatic heterocycles. The van der Waals surface area contributed by atoms with Gasteiger partial charge < -0.3 is 5.32 Å². The lowest BCUT2D eigenvalue weighted by Crippen LogP contribution is -2.35. The van der Waals surface area contributed by atoms with Gasteiger partial charge in [-0.25, -0.2) is 0 Å². The number of halogens is 1. The Morgan fingerprint density at radius 1 is 1.80 bits per heavy atom. The lowest BCUT2D eigenvalue weighted by Gasteiger charge is -2.08. The van der Waals surface area contributed by atoms with Crippen molar-refractivity contribution in [2.24, 2.45) is 0 Å². The summed E-state index contributed by atoms with van der Waals surface area (Å²) in [7, 11) is 0. The Balaban J connectivity index is 2.17. The largest absolute Gasteiger partial charge is 0.352 e. The number of hydrogen-bond acceptors (Lipinski definition) is 2. The van der Waals surface area contributed by atoms with Crippen LogP contribution in [0.1, 0.15) is 6.42 Å². The lowest BCUT2D eigenvalue weighted by atomic mass is 10.3. The van der Waals surface area contributed by atoms with E-state index in [2.05, 4.69) is 21.2 Å². The number of rotatable bonds is 2. The zero-order valence-electron chi connectivity index (χ0n) is 5.60. The highest BCUT2D eigenvalue weighted by molar-refractivity contribution is 9.09. The Morgan fingerprint density at radius 2 is 2.60 bits per heavy atom. The monoisotopic (exact) mass is 223 g/mol. The minimum atomic E-state index is 0.104. The van der Waals surface area contributed by atoms with Crippen molar-refractivity contribution >= 4 is 33.6 Å². The van der Waals surface area contributed by atoms with Gasteiger partial charge in [0.15, 0.2) is 0 Å². The van der Waals surface area contributed by atoms with Gasteiger partial charge >= 0.3 is 0 Å². The highest BCUT2D eigenvalue weighted by atomic mass is 79.9. The molecule has 1 atom stereocenters. The summed E-state index contributed by atoms with van der Waals surface area (Å²) in [6.45, 7) is 0. The first-order chi connectivity index (χ1) is 4.83. The van der Waals surface area contributed by atoms with Crippen LogP contribution in [-0.2, 0) is 4.79 Å². The van der Waals surface area contributed by atoms with Crippen molar-refractivity contribution in [3.05, 3.63) is 0 Å². The molecule has 1 saturated heterocycles. The normalized spacial score (nSPS) is 24.7. The molecule has 1 aliphatic heterocycles. The number of thioether (sulfide) groups is 1. The van der Waals surface area contributed by atoms with E-state index < -0.39 is 0 Å². The fourth-order valence-corrected chi connectivity index (χ4v) is 2.23. The predicted octanol–water partition coefficient (Wildman–Crippen LogP) is 1.00. The summed E-state index contributed by atoms with van der Waals surface area (Å²) in [5, 5.41) is 3.35. The molecule has 1 amide bonds. The van der Waals surface area contributed by atoms with Crippen molar-refractivity contribution in [1.29, 1.82) is 0 Å². The maximum Gasteiger partial charge on any atom is 0.230 e. The van der Waals surface area contributed by atoms with E-state index in [9.17, 15) is 4.79 Å². The molecule has 0 aliphatic carbocycles. The van der Waals surface area contributed by atoms with Crippen molar-refractivity contribution in [2.45, 2.75) is 12.5 Å². The summed E-state index contributed by atoms with van der Waals surface area (Å²) < 4.78 is 0. The lowest BCUT2D eigenvalue weighted by molar-refractivity contribution is -0.119. The molecule has 0 aromatic rings. The Labute approximate surface area is 73.3 Å². The van der Waals surface area contributed by atoms with Crippen LogP contribution in [0.4, 0.5) is 0 Å². The Hall–Kier alpha value is 0.300. The Bertz CT molecular complexity index is 125. The third-order valence-electron chi connectivity index (χ3n) is 1.42. The quantitative estimate of drug-likeness (QED) is 0.709. The molecule has 1 fully saturated rings. The van der Waals surface area contributed by atoms with Crippen LogP contribution in [-0.4, -0.2) is 28.8 Å². The van der Waals surface area contributed by atoms with E-state index in [-0.39, 0.29) is 5.91 Å². The fourth-order valence-electron chi connectivity index (χ4n) is 0.915. The molecular formula is C6H10BrNOS. The first-order valence-corrected chi connectivity index (χ1v) is 5.53. The van der Waals surface area contributed by atoms with Gasteiger partial charge in [0.1, 0.15) is 0 Å². The van der Waals surface area contributed by atoms with Crippen molar-refractivity contribution in [3.63, 3.8) is 0 Å². The second kappa shape index (κ2) is 4.23. The van der Waals surface area contributed by atoms with Crippen LogP contribution in [0.3, 0.4) is 0 Å². The second-order valence-electron chi connectivity index (χ2n) is 2.26. The van der Waals surface area contributed by atoms with Crippen LogP contribution in [0, 0.1) is 0 Å². The summed E-state index contributed by atoms with van der Waals surface area (Å²) in [5.74, 6) is 2.37. The van der Waals surface area contributed by atoms with E-state index in [1.165, 1.54) is 5.75 Å². The smallest absolute Gasteiger partial charge is 0.230 e.